The molecule has 0 bridgehead atoms. The molecular weight excluding hydrogens is 436 g/mol. The van der Waals surface area contributed by atoms with E-state index in [1.165, 1.54) is 134 Å². The molecule has 0 aliphatic rings. The molecule has 1 aromatic rings. The fourth-order valence-electron chi connectivity index (χ4n) is 4.60. The van der Waals surface area contributed by atoms with Crippen molar-refractivity contribution in [3.8, 4) is 5.75 Å². The lowest BCUT2D eigenvalue weighted by atomic mass is 10.0. The number of aromatic carboxylic acids is 1. The third-order valence-corrected chi connectivity index (χ3v) is 6.93. The Hall–Kier alpha value is -1.55. The second kappa shape index (κ2) is 22.9. The molecule has 0 spiro atoms. The van der Waals surface area contributed by atoms with E-state index in [1.807, 2.05) is 0 Å². The van der Waals surface area contributed by atoms with Crippen LogP contribution in [0.25, 0.3) is 0 Å². The minimum atomic E-state index is -0.948. The van der Waals surface area contributed by atoms with Crippen LogP contribution in [0.3, 0.4) is 0 Å². The lowest BCUT2D eigenvalue weighted by Crippen LogP contribution is -2.17. The van der Waals surface area contributed by atoms with Crippen molar-refractivity contribution >= 4 is 5.97 Å². The van der Waals surface area contributed by atoms with E-state index in [0.29, 0.717) is 5.75 Å². The highest BCUT2D eigenvalue weighted by atomic mass is 16.5. The SMILES string of the molecule is CCCCCCCCCCCCCCCCCCCCCCC(O)COc1ccc(C(=O)O)cc1. The van der Waals surface area contributed by atoms with Gasteiger partial charge in [0.15, 0.2) is 0 Å². The number of carbonyl (C=O) groups is 1. The van der Waals surface area contributed by atoms with Crippen LogP contribution >= 0.6 is 0 Å². The van der Waals surface area contributed by atoms with Crippen LogP contribution in [0.5, 0.6) is 5.75 Å². The van der Waals surface area contributed by atoms with Crippen molar-refractivity contribution < 1.29 is 19.7 Å². The van der Waals surface area contributed by atoms with E-state index in [4.69, 9.17) is 9.84 Å². The van der Waals surface area contributed by atoms with Gasteiger partial charge in [-0.1, -0.05) is 135 Å². The normalized spacial score (nSPS) is 12.1. The maximum Gasteiger partial charge on any atom is 0.335 e. The van der Waals surface area contributed by atoms with E-state index in [9.17, 15) is 9.90 Å². The quantitative estimate of drug-likeness (QED) is 0.134. The van der Waals surface area contributed by atoms with E-state index < -0.39 is 12.1 Å². The van der Waals surface area contributed by atoms with Gasteiger partial charge in [-0.3, -0.25) is 0 Å². The maximum absolute atomic E-state index is 10.9. The van der Waals surface area contributed by atoms with Gasteiger partial charge in [0, 0.05) is 0 Å². The maximum atomic E-state index is 10.9. The van der Waals surface area contributed by atoms with E-state index in [1.54, 1.807) is 12.1 Å². The van der Waals surface area contributed by atoms with Crippen LogP contribution < -0.4 is 4.74 Å². The summed E-state index contributed by atoms with van der Waals surface area (Å²) in [5, 5.41) is 19.0. The molecule has 0 fully saturated rings. The Bertz CT molecular complexity index is 599. The van der Waals surface area contributed by atoms with Gasteiger partial charge in [-0.25, -0.2) is 4.79 Å². The molecule has 0 heterocycles. The molecule has 0 radical (unpaired) electrons. The van der Waals surface area contributed by atoms with Gasteiger partial charge in [0.1, 0.15) is 12.4 Å². The Labute approximate surface area is 215 Å². The Morgan fingerprint density at radius 1 is 0.657 bits per heavy atom. The molecule has 2 N–H and O–H groups in total. The molecule has 35 heavy (non-hydrogen) atoms. The van der Waals surface area contributed by atoms with Crippen molar-refractivity contribution in [3.05, 3.63) is 29.8 Å². The minimum Gasteiger partial charge on any atom is -0.491 e. The molecule has 0 amide bonds. The Morgan fingerprint density at radius 2 is 1.03 bits per heavy atom. The van der Waals surface area contributed by atoms with E-state index in [0.717, 1.165) is 12.8 Å². The first kappa shape index (κ1) is 31.5. The molecule has 1 atom stereocenters. The number of hydrogen-bond donors (Lipinski definition) is 2. The van der Waals surface area contributed by atoms with Gasteiger partial charge >= 0.3 is 5.97 Å². The Balaban J connectivity index is 1.78. The summed E-state index contributed by atoms with van der Waals surface area (Å²) in [6.07, 6.45) is 27.7. The van der Waals surface area contributed by atoms with E-state index in [2.05, 4.69) is 6.92 Å². The number of rotatable bonds is 25. The highest BCUT2D eigenvalue weighted by Crippen LogP contribution is 2.16. The zero-order valence-electron chi connectivity index (χ0n) is 22.7. The predicted molar refractivity (Wildman–Crippen MR) is 148 cm³/mol. The minimum absolute atomic E-state index is 0.238. The van der Waals surface area contributed by atoms with Crippen molar-refractivity contribution in [2.24, 2.45) is 0 Å². The molecule has 202 valence electrons. The molecule has 0 aromatic heterocycles. The molecular formula is C31H54O4. The van der Waals surface area contributed by atoms with Crippen LogP contribution in [0.2, 0.25) is 0 Å². The summed E-state index contributed by atoms with van der Waals surface area (Å²) in [5.74, 6) is -0.353. The lowest BCUT2D eigenvalue weighted by Gasteiger charge is -2.12. The standard InChI is InChI=1S/C31H54O4/c1-2-3-4-5-6-7-8-9-10-11-12-13-14-15-16-17-18-19-20-21-22-29(32)27-35-30-25-23-28(24-26-30)31(33)34/h23-26,29,32H,2-22,27H2,1H3,(H,33,34). The summed E-state index contributed by atoms with van der Waals surface area (Å²) in [5.41, 5.74) is 0.238. The highest BCUT2D eigenvalue weighted by Gasteiger charge is 2.07. The van der Waals surface area contributed by atoms with Crippen molar-refractivity contribution in [1.82, 2.24) is 0 Å². The lowest BCUT2D eigenvalue weighted by molar-refractivity contribution is 0.0696. The largest absolute Gasteiger partial charge is 0.491 e. The summed E-state index contributed by atoms with van der Waals surface area (Å²) in [6.45, 7) is 2.54. The first-order valence-corrected chi connectivity index (χ1v) is 14.8. The smallest absolute Gasteiger partial charge is 0.335 e. The monoisotopic (exact) mass is 490 g/mol. The number of aliphatic hydroxyl groups is 1. The van der Waals surface area contributed by atoms with Crippen LogP contribution in [0, 0.1) is 0 Å². The zero-order chi connectivity index (χ0) is 25.4. The number of carboxylic acids is 1. The summed E-state index contributed by atoms with van der Waals surface area (Å²) < 4.78 is 5.55. The molecule has 0 saturated heterocycles. The van der Waals surface area contributed by atoms with Crippen molar-refractivity contribution in [1.29, 1.82) is 0 Å². The highest BCUT2D eigenvalue weighted by molar-refractivity contribution is 5.87. The first-order valence-electron chi connectivity index (χ1n) is 14.8. The van der Waals surface area contributed by atoms with Crippen molar-refractivity contribution in [2.75, 3.05) is 6.61 Å². The number of benzene rings is 1. The fourth-order valence-corrected chi connectivity index (χ4v) is 4.60. The van der Waals surface area contributed by atoms with E-state index in [-0.39, 0.29) is 12.2 Å². The van der Waals surface area contributed by atoms with Gasteiger partial charge in [-0.05, 0) is 30.7 Å². The molecule has 1 rings (SSSR count). The number of carboxylic acid groups (broad SMARTS) is 1. The van der Waals surface area contributed by atoms with Crippen LogP contribution in [0.15, 0.2) is 24.3 Å². The molecule has 4 nitrogen and oxygen atoms in total. The third-order valence-electron chi connectivity index (χ3n) is 6.93. The molecule has 1 unspecified atom stereocenters. The Kier molecular flexibility index (Phi) is 20.6. The second-order valence-electron chi connectivity index (χ2n) is 10.3. The van der Waals surface area contributed by atoms with Crippen molar-refractivity contribution in [2.45, 2.75) is 148 Å². The number of unbranched alkanes of at least 4 members (excludes halogenated alkanes) is 19. The number of hydrogen-bond acceptors (Lipinski definition) is 3. The molecule has 4 heteroatoms. The van der Waals surface area contributed by atoms with Gasteiger partial charge in [0.25, 0.3) is 0 Å². The topological polar surface area (TPSA) is 66.8 Å². The average Bonchev–Trinajstić information content (AvgIpc) is 2.86. The van der Waals surface area contributed by atoms with Gasteiger partial charge in [0.05, 0.1) is 11.7 Å². The van der Waals surface area contributed by atoms with Crippen molar-refractivity contribution in [3.63, 3.8) is 0 Å². The zero-order valence-corrected chi connectivity index (χ0v) is 22.7. The van der Waals surface area contributed by atoms with Crippen LogP contribution in [0.4, 0.5) is 0 Å². The second-order valence-corrected chi connectivity index (χ2v) is 10.3. The van der Waals surface area contributed by atoms with Crippen LogP contribution in [-0.2, 0) is 0 Å². The molecule has 0 saturated carbocycles. The summed E-state index contributed by atoms with van der Waals surface area (Å²) in [7, 11) is 0. The van der Waals surface area contributed by atoms with Gasteiger partial charge in [0.2, 0.25) is 0 Å². The van der Waals surface area contributed by atoms with Gasteiger partial charge in [-0.15, -0.1) is 0 Å². The summed E-state index contributed by atoms with van der Waals surface area (Å²) in [4.78, 5) is 10.9. The van der Waals surface area contributed by atoms with Gasteiger partial charge in [-0.2, -0.15) is 0 Å². The molecule has 0 aliphatic heterocycles. The molecule has 1 aromatic carbocycles. The van der Waals surface area contributed by atoms with E-state index >= 15 is 0 Å². The molecule has 0 aliphatic carbocycles. The third kappa shape index (κ3) is 19.3. The van der Waals surface area contributed by atoms with Crippen LogP contribution in [-0.4, -0.2) is 28.9 Å². The number of ether oxygens (including phenoxy) is 1. The van der Waals surface area contributed by atoms with Crippen LogP contribution in [0.1, 0.15) is 152 Å². The van der Waals surface area contributed by atoms with Gasteiger partial charge < -0.3 is 14.9 Å². The Morgan fingerprint density at radius 3 is 1.40 bits per heavy atom. The summed E-state index contributed by atoms with van der Waals surface area (Å²) >= 11 is 0. The summed E-state index contributed by atoms with van der Waals surface area (Å²) in [6, 6.07) is 6.30. The fraction of sp³-hybridized carbons (Fsp3) is 0.774. The first-order chi connectivity index (χ1) is 17.1. The average molecular weight is 491 g/mol. The predicted octanol–water partition coefficient (Wildman–Crippen LogP) is 9.34. The number of aliphatic hydroxyl groups excluding tert-OH is 1.